The van der Waals surface area contributed by atoms with Crippen LogP contribution in [-0.4, -0.2) is 24.1 Å². The van der Waals surface area contributed by atoms with Crippen LogP contribution in [0, 0.1) is 0 Å². The van der Waals surface area contributed by atoms with Gasteiger partial charge in [-0.3, -0.25) is 4.98 Å². The molecule has 0 spiro atoms. The number of anilines is 1. The number of hydrogen-bond acceptors (Lipinski definition) is 4. The minimum atomic E-state index is -0.418. The standard InChI is InChI=1S/C12H17N3O2/c1-8(2)13-5-6-14-9-3-4-10-11(7-9)17-12(16)15-10/h3-4,7-8,13-14H,5-6H2,1-2H3,(H,15,16). The van der Waals surface area contributed by atoms with Gasteiger partial charge in [-0.15, -0.1) is 0 Å². The monoisotopic (exact) mass is 235 g/mol. The molecule has 0 amide bonds. The summed E-state index contributed by atoms with van der Waals surface area (Å²) in [6, 6.07) is 6.06. The lowest BCUT2D eigenvalue weighted by atomic mass is 10.3. The Bertz CT molecular complexity index is 542. The van der Waals surface area contributed by atoms with Crippen molar-refractivity contribution in [3.63, 3.8) is 0 Å². The molecule has 0 fully saturated rings. The molecule has 17 heavy (non-hydrogen) atoms. The molecule has 3 N–H and O–H groups in total. The summed E-state index contributed by atoms with van der Waals surface area (Å²) in [5.41, 5.74) is 2.25. The lowest BCUT2D eigenvalue weighted by molar-refractivity contribution is 0.555. The van der Waals surface area contributed by atoms with Gasteiger partial charge < -0.3 is 15.1 Å². The van der Waals surface area contributed by atoms with Gasteiger partial charge in [-0.25, -0.2) is 4.79 Å². The van der Waals surface area contributed by atoms with Gasteiger partial charge in [0, 0.05) is 30.9 Å². The van der Waals surface area contributed by atoms with Crippen LogP contribution in [0.4, 0.5) is 5.69 Å². The average molecular weight is 235 g/mol. The first-order chi connectivity index (χ1) is 8.15. The van der Waals surface area contributed by atoms with Crippen molar-refractivity contribution in [3.05, 3.63) is 28.7 Å². The Kier molecular flexibility index (Phi) is 3.49. The molecule has 0 aliphatic heterocycles. The second-order valence-electron chi connectivity index (χ2n) is 4.26. The van der Waals surface area contributed by atoms with E-state index in [0.29, 0.717) is 11.6 Å². The van der Waals surface area contributed by atoms with E-state index in [1.54, 1.807) is 0 Å². The van der Waals surface area contributed by atoms with Gasteiger partial charge in [-0.05, 0) is 12.1 Å². The van der Waals surface area contributed by atoms with Crippen molar-refractivity contribution in [1.29, 1.82) is 0 Å². The summed E-state index contributed by atoms with van der Waals surface area (Å²) in [6.45, 7) is 5.95. The third kappa shape index (κ3) is 3.10. The summed E-state index contributed by atoms with van der Waals surface area (Å²) >= 11 is 0. The number of nitrogens with one attached hydrogen (secondary N) is 3. The van der Waals surface area contributed by atoms with Crippen molar-refractivity contribution in [1.82, 2.24) is 10.3 Å². The Morgan fingerprint density at radius 2 is 2.18 bits per heavy atom. The zero-order valence-corrected chi connectivity index (χ0v) is 10.0. The van der Waals surface area contributed by atoms with Gasteiger partial charge >= 0.3 is 5.76 Å². The fourth-order valence-corrected chi connectivity index (χ4v) is 1.62. The van der Waals surface area contributed by atoms with Crippen LogP contribution >= 0.6 is 0 Å². The predicted molar refractivity (Wildman–Crippen MR) is 68.5 cm³/mol. The highest BCUT2D eigenvalue weighted by molar-refractivity contribution is 5.76. The van der Waals surface area contributed by atoms with Gasteiger partial charge in [-0.2, -0.15) is 0 Å². The molecule has 2 aromatic rings. The van der Waals surface area contributed by atoms with Gasteiger partial charge in [0.25, 0.3) is 0 Å². The highest BCUT2D eigenvalue weighted by Gasteiger charge is 2.01. The first kappa shape index (κ1) is 11.7. The normalized spacial score (nSPS) is 11.2. The maximum atomic E-state index is 11.0. The molecule has 0 saturated carbocycles. The number of rotatable bonds is 5. The zero-order valence-electron chi connectivity index (χ0n) is 10.0. The lowest BCUT2D eigenvalue weighted by Crippen LogP contribution is -2.28. The quantitative estimate of drug-likeness (QED) is 0.687. The molecule has 1 aromatic heterocycles. The van der Waals surface area contributed by atoms with E-state index in [2.05, 4.69) is 29.5 Å². The summed E-state index contributed by atoms with van der Waals surface area (Å²) in [5.74, 6) is -0.418. The molecule has 0 saturated heterocycles. The maximum Gasteiger partial charge on any atom is 0.417 e. The van der Waals surface area contributed by atoms with Crippen LogP contribution < -0.4 is 16.4 Å². The first-order valence-electron chi connectivity index (χ1n) is 5.75. The van der Waals surface area contributed by atoms with Gasteiger partial charge in [0.15, 0.2) is 5.58 Å². The minimum absolute atomic E-state index is 0.418. The van der Waals surface area contributed by atoms with E-state index in [4.69, 9.17) is 4.42 Å². The van der Waals surface area contributed by atoms with Crippen molar-refractivity contribution in [2.45, 2.75) is 19.9 Å². The molecule has 0 radical (unpaired) electrons. The Hall–Kier alpha value is -1.75. The van der Waals surface area contributed by atoms with Crippen LogP contribution in [0.1, 0.15) is 13.8 Å². The largest absolute Gasteiger partial charge is 0.417 e. The van der Waals surface area contributed by atoms with E-state index >= 15 is 0 Å². The van der Waals surface area contributed by atoms with Crippen molar-refractivity contribution in [2.24, 2.45) is 0 Å². The van der Waals surface area contributed by atoms with E-state index in [9.17, 15) is 4.79 Å². The molecular weight excluding hydrogens is 218 g/mol. The number of aromatic nitrogens is 1. The van der Waals surface area contributed by atoms with Gasteiger partial charge in [-0.1, -0.05) is 13.8 Å². The summed E-state index contributed by atoms with van der Waals surface area (Å²) in [6.07, 6.45) is 0. The van der Waals surface area contributed by atoms with E-state index in [-0.39, 0.29) is 0 Å². The van der Waals surface area contributed by atoms with E-state index in [1.165, 1.54) is 0 Å². The molecule has 2 rings (SSSR count). The third-order valence-electron chi connectivity index (χ3n) is 2.43. The molecule has 0 aliphatic rings. The second-order valence-corrected chi connectivity index (χ2v) is 4.26. The highest BCUT2D eigenvalue weighted by Crippen LogP contribution is 2.15. The van der Waals surface area contributed by atoms with Crippen molar-refractivity contribution in [3.8, 4) is 0 Å². The van der Waals surface area contributed by atoms with E-state index in [1.807, 2.05) is 18.2 Å². The predicted octanol–water partition coefficient (Wildman–Crippen LogP) is 1.53. The summed E-state index contributed by atoms with van der Waals surface area (Å²) < 4.78 is 4.99. The molecule has 1 heterocycles. The number of hydrogen-bond donors (Lipinski definition) is 3. The van der Waals surface area contributed by atoms with Crippen molar-refractivity contribution < 1.29 is 4.42 Å². The topological polar surface area (TPSA) is 70.1 Å². The van der Waals surface area contributed by atoms with Crippen molar-refractivity contribution >= 4 is 16.8 Å². The molecule has 5 nitrogen and oxygen atoms in total. The van der Waals surface area contributed by atoms with E-state index in [0.717, 1.165) is 24.3 Å². The number of oxazole rings is 1. The molecule has 0 unspecified atom stereocenters. The van der Waals surface area contributed by atoms with Gasteiger partial charge in [0.2, 0.25) is 0 Å². The number of benzene rings is 1. The number of H-pyrrole nitrogens is 1. The summed E-state index contributed by atoms with van der Waals surface area (Å²) in [7, 11) is 0. The fourth-order valence-electron chi connectivity index (χ4n) is 1.62. The molecular formula is C12H17N3O2. The van der Waals surface area contributed by atoms with Crippen LogP contribution in [0.5, 0.6) is 0 Å². The minimum Gasteiger partial charge on any atom is -0.408 e. The number of fused-ring (bicyclic) bond motifs is 1. The van der Waals surface area contributed by atoms with Gasteiger partial charge in [0.05, 0.1) is 5.52 Å². The van der Waals surface area contributed by atoms with E-state index < -0.39 is 5.76 Å². The summed E-state index contributed by atoms with van der Waals surface area (Å²) in [4.78, 5) is 13.6. The Morgan fingerprint density at radius 3 is 2.94 bits per heavy atom. The Morgan fingerprint density at radius 1 is 1.35 bits per heavy atom. The molecule has 0 aliphatic carbocycles. The zero-order chi connectivity index (χ0) is 12.3. The van der Waals surface area contributed by atoms with Crippen LogP contribution in [0.2, 0.25) is 0 Å². The van der Waals surface area contributed by atoms with Crippen LogP contribution in [0.25, 0.3) is 11.1 Å². The fraction of sp³-hybridized carbons (Fsp3) is 0.417. The van der Waals surface area contributed by atoms with Crippen LogP contribution in [0.15, 0.2) is 27.4 Å². The summed E-state index contributed by atoms with van der Waals surface area (Å²) in [5, 5.41) is 6.58. The molecule has 1 aromatic carbocycles. The Balaban J connectivity index is 1.97. The van der Waals surface area contributed by atoms with Crippen LogP contribution in [-0.2, 0) is 0 Å². The highest BCUT2D eigenvalue weighted by atomic mass is 16.4. The third-order valence-corrected chi connectivity index (χ3v) is 2.43. The number of aromatic amines is 1. The second kappa shape index (κ2) is 5.05. The Labute approximate surface area is 99.2 Å². The van der Waals surface area contributed by atoms with Crippen LogP contribution in [0.3, 0.4) is 0 Å². The molecule has 5 heteroatoms. The molecule has 92 valence electrons. The van der Waals surface area contributed by atoms with Gasteiger partial charge in [0.1, 0.15) is 0 Å². The maximum absolute atomic E-state index is 11.0. The first-order valence-corrected chi connectivity index (χ1v) is 5.75. The molecule has 0 atom stereocenters. The van der Waals surface area contributed by atoms with Crippen molar-refractivity contribution in [2.75, 3.05) is 18.4 Å². The average Bonchev–Trinajstić information content (AvgIpc) is 2.63. The molecule has 0 bridgehead atoms. The lowest BCUT2D eigenvalue weighted by Gasteiger charge is -2.09. The SMILES string of the molecule is CC(C)NCCNc1ccc2[nH]c(=O)oc2c1. The smallest absolute Gasteiger partial charge is 0.408 e.